The van der Waals surface area contributed by atoms with E-state index in [4.69, 9.17) is 4.42 Å². The van der Waals surface area contributed by atoms with Gasteiger partial charge in [-0.2, -0.15) is 0 Å². The lowest BCUT2D eigenvalue weighted by Crippen LogP contribution is -3.04. The van der Waals surface area contributed by atoms with Crippen molar-refractivity contribution < 1.29 is 19.2 Å². The van der Waals surface area contributed by atoms with Crippen LogP contribution < -0.4 is 4.90 Å². The number of ketones is 1. The van der Waals surface area contributed by atoms with Crippen LogP contribution in [0.2, 0.25) is 0 Å². The van der Waals surface area contributed by atoms with Crippen molar-refractivity contribution in [2.24, 2.45) is 0 Å². The molecule has 0 spiro atoms. The molecule has 0 saturated carbocycles. The van der Waals surface area contributed by atoms with Crippen LogP contribution in [0.5, 0.6) is 5.75 Å². The van der Waals surface area contributed by atoms with Crippen LogP contribution in [0.3, 0.4) is 0 Å². The van der Waals surface area contributed by atoms with E-state index >= 15 is 0 Å². The van der Waals surface area contributed by atoms with E-state index in [0.717, 1.165) is 14.9 Å². The largest absolute Gasteiger partial charge is 0.507 e. The molecule has 3 rings (SSSR count). The zero-order valence-corrected chi connectivity index (χ0v) is 14.5. The van der Waals surface area contributed by atoms with Crippen molar-refractivity contribution in [1.29, 1.82) is 0 Å². The number of hydrogen-bond acceptors (Lipinski definition) is 3. The topological polar surface area (TPSA) is 54.9 Å². The molecule has 0 bridgehead atoms. The highest BCUT2D eigenvalue weighted by atomic mass is 79.9. The highest BCUT2D eigenvalue weighted by Gasteiger charge is 2.21. The minimum Gasteiger partial charge on any atom is -0.507 e. The summed E-state index contributed by atoms with van der Waals surface area (Å²) in [6.07, 6.45) is 1.47. The lowest BCUT2D eigenvalue weighted by molar-refractivity contribution is -0.872. The summed E-state index contributed by atoms with van der Waals surface area (Å²) in [5.41, 5.74) is 2.39. The molecule has 23 heavy (non-hydrogen) atoms. The van der Waals surface area contributed by atoms with E-state index in [9.17, 15) is 9.90 Å². The molecule has 5 heteroatoms. The Morgan fingerprint density at radius 2 is 2.04 bits per heavy atom. The molecule has 0 amide bonds. The highest BCUT2D eigenvalue weighted by molar-refractivity contribution is 9.10. The minimum atomic E-state index is -0.120. The molecule has 1 heterocycles. The number of phenols is 1. The summed E-state index contributed by atoms with van der Waals surface area (Å²) in [4.78, 5) is 14.0. The summed E-state index contributed by atoms with van der Waals surface area (Å²) >= 11 is 3.38. The van der Waals surface area contributed by atoms with Gasteiger partial charge in [0.25, 0.3) is 0 Å². The van der Waals surface area contributed by atoms with Crippen molar-refractivity contribution in [2.45, 2.75) is 6.54 Å². The van der Waals surface area contributed by atoms with Gasteiger partial charge in [-0.1, -0.05) is 28.1 Å². The van der Waals surface area contributed by atoms with Crippen LogP contribution in [-0.2, 0) is 6.54 Å². The normalized spacial score (nSPS) is 11.3. The quantitative estimate of drug-likeness (QED) is 0.690. The van der Waals surface area contributed by atoms with Gasteiger partial charge in [0.15, 0.2) is 5.78 Å². The zero-order valence-electron chi connectivity index (χ0n) is 12.9. The first kappa shape index (κ1) is 15.8. The summed E-state index contributed by atoms with van der Waals surface area (Å²) in [6.45, 7) is 0.599. The second-order valence-electron chi connectivity index (χ2n) is 5.81. The summed E-state index contributed by atoms with van der Waals surface area (Å²) in [7, 11) is 3.99. The Morgan fingerprint density at radius 1 is 1.26 bits per heavy atom. The molecule has 0 aliphatic rings. The summed E-state index contributed by atoms with van der Waals surface area (Å²) < 4.78 is 6.39. The average molecular weight is 375 g/mol. The smallest absolute Gasteiger partial charge is 0.196 e. The van der Waals surface area contributed by atoms with Crippen LogP contribution in [0.4, 0.5) is 0 Å². The van der Waals surface area contributed by atoms with Crippen LogP contribution in [0.15, 0.2) is 51.6 Å². The maximum atomic E-state index is 12.9. The van der Waals surface area contributed by atoms with Gasteiger partial charge in [0, 0.05) is 15.4 Å². The number of phenolic OH excluding ortho intramolecular Hbond substituents is 1. The van der Waals surface area contributed by atoms with E-state index < -0.39 is 0 Å². The molecular formula is C18H17BrNO3+. The molecular weight excluding hydrogens is 358 g/mol. The number of fused-ring (bicyclic) bond motifs is 1. The molecule has 0 unspecified atom stereocenters. The maximum Gasteiger partial charge on any atom is 0.196 e. The number of rotatable bonds is 4. The molecule has 0 fully saturated rings. The second kappa shape index (κ2) is 6.18. The lowest BCUT2D eigenvalue weighted by Gasteiger charge is -2.11. The van der Waals surface area contributed by atoms with E-state index in [0.29, 0.717) is 28.6 Å². The van der Waals surface area contributed by atoms with Crippen molar-refractivity contribution in [3.8, 4) is 5.75 Å². The number of aromatic hydroxyl groups is 1. The van der Waals surface area contributed by atoms with Gasteiger partial charge >= 0.3 is 0 Å². The first-order chi connectivity index (χ1) is 11.0. The molecule has 0 radical (unpaired) electrons. The number of halogens is 1. The molecule has 0 aliphatic heterocycles. The third-order valence-electron chi connectivity index (χ3n) is 3.68. The van der Waals surface area contributed by atoms with Gasteiger partial charge in [0.05, 0.1) is 25.2 Å². The van der Waals surface area contributed by atoms with Crippen molar-refractivity contribution in [2.75, 3.05) is 14.1 Å². The minimum absolute atomic E-state index is 0.120. The third kappa shape index (κ3) is 3.02. The van der Waals surface area contributed by atoms with Gasteiger partial charge in [-0.3, -0.25) is 4.79 Å². The summed E-state index contributed by atoms with van der Waals surface area (Å²) in [5.74, 6) is 0.0639. The zero-order chi connectivity index (χ0) is 16.6. The Balaban J connectivity index is 2.18. The monoisotopic (exact) mass is 374 g/mol. The molecule has 0 aliphatic carbocycles. The van der Waals surface area contributed by atoms with E-state index in [-0.39, 0.29) is 11.5 Å². The van der Waals surface area contributed by atoms with Crippen molar-refractivity contribution >= 4 is 32.7 Å². The van der Waals surface area contributed by atoms with Crippen LogP contribution in [0.1, 0.15) is 21.5 Å². The Labute approximate surface area is 142 Å². The summed E-state index contributed by atoms with van der Waals surface area (Å²) in [6, 6.07) is 10.5. The van der Waals surface area contributed by atoms with Crippen LogP contribution in [0, 0.1) is 0 Å². The number of nitrogens with one attached hydrogen (secondary N) is 1. The second-order valence-corrected chi connectivity index (χ2v) is 6.72. The number of carbonyl (C=O) groups is 1. The Morgan fingerprint density at radius 3 is 2.74 bits per heavy atom. The number of furan rings is 1. The number of hydrogen-bond donors (Lipinski definition) is 2. The number of quaternary nitrogens is 1. The predicted molar refractivity (Wildman–Crippen MR) is 92.0 cm³/mol. The van der Waals surface area contributed by atoms with Gasteiger partial charge in [0.2, 0.25) is 0 Å². The first-order valence-electron chi connectivity index (χ1n) is 7.28. The Kier molecular flexibility index (Phi) is 4.24. The number of carbonyl (C=O) groups excluding carboxylic acids is 1. The van der Waals surface area contributed by atoms with Crippen molar-refractivity contribution in [1.82, 2.24) is 0 Å². The molecule has 1 aromatic heterocycles. The van der Waals surface area contributed by atoms with Gasteiger partial charge < -0.3 is 14.4 Å². The fourth-order valence-corrected chi connectivity index (χ4v) is 3.07. The van der Waals surface area contributed by atoms with Gasteiger partial charge in [-0.05, 0) is 24.3 Å². The van der Waals surface area contributed by atoms with Crippen molar-refractivity contribution in [3.05, 3.63) is 63.8 Å². The van der Waals surface area contributed by atoms with E-state index in [2.05, 4.69) is 15.9 Å². The predicted octanol–water partition coefficient (Wildman–Crippen LogP) is 2.78. The van der Waals surface area contributed by atoms with Crippen LogP contribution in [0.25, 0.3) is 11.0 Å². The molecule has 3 aromatic rings. The molecule has 2 aromatic carbocycles. The van der Waals surface area contributed by atoms with Gasteiger partial charge in [-0.15, -0.1) is 0 Å². The fourth-order valence-electron chi connectivity index (χ4n) is 2.67. The third-order valence-corrected chi connectivity index (χ3v) is 4.18. The van der Waals surface area contributed by atoms with Gasteiger partial charge in [0.1, 0.15) is 24.1 Å². The van der Waals surface area contributed by atoms with E-state index in [1.165, 1.54) is 6.26 Å². The molecule has 4 nitrogen and oxygen atoms in total. The number of benzene rings is 2. The Hall–Kier alpha value is -2.11. The van der Waals surface area contributed by atoms with Crippen LogP contribution >= 0.6 is 15.9 Å². The molecule has 2 N–H and O–H groups in total. The maximum absolute atomic E-state index is 12.9. The SMILES string of the molecule is C[NH+](C)Cc1c(O)ccc2occ(C(=O)c3cccc(Br)c3)c12. The Bertz CT molecular complexity index is 883. The van der Waals surface area contributed by atoms with Gasteiger partial charge in [-0.25, -0.2) is 0 Å². The standard InChI is InChI=1S/C18H16BrNO3/c1-20(2)9-13-15(21)6-7-16-17(13)14(10-23-16)18(22)11-4-3-5-12(19)8-11/h3-8,10,21H,9H2,1-2H3/p+1. The summed E-state index contributed by atoms with van der Waals surface area (Å²) in [5, 5.41) is 10.9. The lowest BCUT2D eigenvalue weighted by atomic mass is 9.98. The van der Waals surface area contributed by atoms with E-state index in [1.54, 1.807) is 24.3 Å². The molecule has 118 valence electrons. The van der Waals surface area contributed by atoms with E-state index in [1.807, 2.05) is 26.2 Å². The molecule has 0 atom stereocenters. The first-order valence-corrected chi connectivity index (χ1v) is 8.08. The van der Waals surface area contributed by atoms with Crippen molar-refractivity contribution in [3.63, 3.8) is 0 Å². The highest BCUT2D eigenvalue weighted by Crippen LogP contribution is 2.32. The molecule has 0 saturated heterocycles. The van der Waals surface area contributed by atoms with Crippen LogP contribution in [-0.4, -0.2) is 25.0 Å². The fraction of sp³-hybridized carbons (Fsp3) is 0.167. The average Bonchev–Trinajstić information content (AvgIpc) is 2.93.